The van der Waals surface area contributed by atoms with Crippen LogP contribution in [0.15, 0.2) is 0 Å². The van der Waals surface area contributed by atoms with Crippen LogP contribution in [0.5, 0.6) is 0 Å². The lowest BCUT2D eigenvalue weighted by atomic mass is 9.81. The van der Waals surface area contributed by atoms with Gasteiger partial charge < -0.3 is 5.32 Å². The first-order valence-electron chi connectivity index (χ1n) is 7.74. The summed E-state index contributed by atoms with van der Waals surface area (Å²) in [5.74, 6) is 2.02. The van der Waals surface area contributed by atoms with Crippen molar-refractivity contribution < 1.29 is 0 Å². The van der Waals surface area contributed by atoms with Crippen molar-refractivity contribution in [2.45, 2.75) is 58.4 Å². The molecule has 2 aliphatic rings. The first-order valence-corrected chi connectivity index (χ1v) is 7.74. The molecule has 1 aliphatic heterocycles. The van der Waals surface area contributed by atoms with Crippen LogP contribution in [-0.2, 0) is 0 Å². The summed E-state index contributed by atoms with van der Waals surface area (Å²) in [7, 11) is 0. The van der Waals surface area contributed by atoms with Crippen LogP contribution in [0.1, 0.15) is 52.4 Å². The summed E-state index contributed by atoms with van der Waals surface area (Å²) in [5, 5.41) is 3.52. The second-order valence-electron chi connectivity index (χ2n) is 6.22. The van der Waals surface area contributed by atoms with Crippen molar-refractivity contribution in [2.24, 2.45) is 11.8 Å². The molecule has 1 saturated heterocycles. The standard InChI is InChI=1S/C15H30N2/c1-3-15-12-16-9-11-17(15)10-8-14-6-4-13(2)5-7-14/h13-16H,3-12H2,1-2H3. The fraction of sp³-hybridized carbons (Fsp3) is 1.00. The first kappa shape index (κ1) is 13.4. The third-order valence-electron chi connectivity index (χ3n) is 4.90. The molecule has 0 amide bonds. The van der Waals surface area contributed by atoms with E-state index in [1.54, 1.807) is 0 Å². The Morgan fingerprint density at radius 3 is 2.65 bits per heavy atom. The summed E-state index contributed by atoms with van der Waals surface area (Å²) in [4.78, 5) is 2.73. The molecule has 1 saturated carbocycles. The van der Waals surface area contributed by atoms with E-state index in [9.17, 15) is 0 Å². The third kappa shape index (κ3) is 3.96. The molecule has 0 radical (unpaired) electrons. The maximum absolute atomic E-state index is 3.52. The van der Waals surface area contributed by atoms with Crippen molar-refractivity contribution in [3.8, 4) is 0 Å². The van der Waals surface area contributed by atoms with Gasteiger partial charge in [0.05, 0.1) is 0 Å². The Morgan fingerprint density at radius 2 is 1.94 bits per heavy atom. The Labute approximate surface area is 107 Å². The molecule has 1 N–H and O–H groups in total. The van der Waals surface area contributed by atoms with Crippen molar-refractivity contribution >= 4 is 0 Å². The van der Waals surface area contributed by atoms with E-state index >= 15 is 0 Å². The number of piperazine rings is 1. The highest BCUT2D eigenvalue weighted by Crippen LogP contribution is 2.30. The molecule has 0 spiro atoms. The molecule has 1 atom stereocenters. The van der Waals surface area contributed by atoms with Gasteiger partial charge in [-0.3, -0.25) is 4.90 Å². The molecule has 2 nitrogen and oxygen atoms in total. The second kappa shape index (κ2) is 6.75. The van der Waals surface area contributed by atoms with Gasteiger partial charge in [-0.1, -0.05) is 39.5 Å². The van der Waals surface area contributed by atoms with Crippen LogP contribution in [0.3, 0.4) is 0 Å². The van der Waals surface area contributed by atoms with Gasteiger partial charge in [-0.15, -0.1) is 0 Å². The predicted octanol–water partition coefficient (Wildman–Crippen LogP) is 2.89. The van der Waals surface area contributed by atoms with E-state index in [-0.39, 0.29) is 0 Å². The van der Waals surface area contributed by atoms with E-state index < -0.39 is 0 Å². The molecule has 100 valence electrons. The molecule has 0 aromatic heterocycles. The van der Waals surface area contributed by atoms with Gasteiger partial charge in [0.2, 0.25) is 0 Å². The van der Waals surface area contributed by atoms with Crippen molar-refractivity contribution in [3.05, 3.63) is 0 Å². The fourth-order valence-corrected chi connectivity index (χ4v) is 3.47. The molecule has 0 aromatic carbocycles. The minimum Gasteiger partial charge on any atom is -0.314 e. The maximum atomic E-state index is 3.52. The predicted molar refractivity (Wildman–Crippen MR) is 74.3 cm³/mol. The molecule has 1 unspecified atom stereocenters. The van der Waals surface area contributed by atoms with Crippen LogP contribution >= 0.6 is 0 Å². The van der Waals surface area contributed by atoms with E-state index in [1.165, 1.54) is 64.7 Å². The Kier molecular flexibility index (Phi) is 5.30. The molecule has 1 heterocycles. The summed E-state index contributed by atoms with van der Waals surface area (Å²) >= 11 is 0. The lowest BCUT2D eigenvalue weighted by Gasteiger charge is -2.37. The van der Waals surface area contributed by atoms with Gasteiger partial charge in [0.15, 0.2) is 0 Å². The van der Waals surface area contributed by atoms with E-state index in [1.807, 2.05) is 0 Å². The highest BCUT2D eigenvalue weighted by atomic mass is 15.2. The fourth-order valence-electron chi connectivity index (χ4n) is 3.47. The van der Waals surface area contributed by atoms with Crippen LogP contribution in [-0.4, -0.2) is 37.1 Å². The first-order chi connectivity index (χ1) is 8.29. The SMILES string of the molecule is CCC1CNCCN1CCC1CCC(C)CC1. The molecule has 2 rings (SSSR count). The van der Waals surface area contributed by atoms with Crippen LogP contribution in [0.4, 0.5) is 0 Å². The molecule has 2 fully saturated rings. The van der Waals surface area contributed by atoms with Crippen LogP contribution < -0.4 is 5.32 Å². The van der Waals surface area contributed by atoms with Gasteiger partial charge in [-0.05, 0) is 31.2 Å². The quantitative estimate of drug-likeness (QED) is 0.810. The maximum Gasteiger partial charge on any atom is 0.0218 e. The normalized spacial score (nSPS) is 36.0. The number of hydrogen-bond acceptors (Lipinski definition) is 2. The summed E-state index contributed by atoms with van der Waals surface area (Å²) in [6.45, 7) is 9.75. The molecule has 2 heteroatoms. The molecular formula is C15H30N2. The van der Waals surface area contributed by atoms with Crippen LogP contribution in [0.2, 0.25) is 0 Å². The number of rotatable bonds is 4. The number of hydrogen-bond donors (Lipinski definition) is 1. The van der Waals surface area contributed by atoms with E-state index in [2.05, 4.69) is 24.1 Å². The summed E-state index contributed by atoms with van der Waals surface area (Å²) in [6.07, 6.45) is 8.68. The Morgan fingerprint density at radius 1 is 1.18 bits per heavy atom. The lowest BCUT2D eigenvalue weighted by Crippen LogP contribution is -2.51. The van der Waals surface area contributed by atoms with Crippen molar-refractivity contribution in [3.63, 3.8) is 0 Å². The lowest BCUT2D eigenvalue weighted by molar-refractivity contribution is 0.138. The topological polar surface area (TPSA) is 15.3 Å². The molecule has 17 heavy (non-hydrogen) atoms. The van der Waals surface area contributed by atoms with E-state index in [0.29, 0.717) is 0 Å². The Balaban J connectivity index is 1.69. The summed E-state index contributed by atoms with van der Waals surface area (Å²) in [6, 6.07) is 0.797. The monoisotopic (exact) mass is 238 g/mol. The Hall–Kier alpha value is -0.0800. The molecular weight excluding hydrogens is 208 g/mol. The van der Waals surface area contributed by atoms with Gasteiger partial charge in [-0.2, -0.15) is 0 Å². The zero-order valence-electron chi connectivity index (χ0n) is 11.8. The number of nitrogens with one attached hydrogen (secondary N) is 1. The van der Waals surface area contributed by atoms with Gasteiger partial charge in [0, 0.05) is 25.7 Å². The average molecular weight is 238 g/mol. The van der Waals surface area contributed by atoms with Crippen molar-refractivity contribution in [1.29, 1.82) is 0 Å². The number of nitrogens with zero attached hydrogens (tertiary/aromatic N) is 1. The van der Waals surface area contributed by atoms with E-state index in [0.717, 1.165) is 17.9 Å². The van der Waals surface area contributed by atoms with Crippen molar-refractivity contribution in [1.82, 2.24) is 10.2 Å². The Bertz CT molecular complexity index is 209. The summed E-state index contributed by atoms with van der Waals surface area (Å²) < 4.78 is 0. The average Bonchev–Trinajstić information content (AvgIpc) is 2.38. The molecule has 0 aromatic rings. The van der Waals surface area contributed by atoms with Gasteiger partial charge in [-0.25, -0.2) is 0 Å². The smallest absolute Gasteiger partial charge is 0.0218 e. The van der Waals surface area contributed by atoms with Crippen molar-refractivity contribution in [2.75, 3.05) is 26.2 Å². The van der Waals surface area contributed by atoms with Gasteiger partial charge >= 0.3 is 0 Å². The zero-order valence-corrected chi connectivity index (χ0v) is 11.8. The highest BCUT2D eigenvalue weighted by molar-refractivity contribution is 4.80. The second-order valence-corrected chi connectivity index (χ2v) is 6.22. The third-order valence-corrected chi connectivity index (χ3v) is 4.90. The van der Waals surface area contributed by atoms with Gasteiger partial charge in [0.1, 0.15) is 0 Å². The summed E-state index contributed by atoms with van der Waals surface area (Å²) in [5.41, 5.74) is 0. The zero-order chi connectivity index (χ0) is 12.1. The minimum atomic E-state index is 0.797. The largest absolute Gasteiger partial charge is 0.314 e. The molecule has 0 bridgehead atoms. The minimum absolute atomic E-state index is 0.797. The highest BCUT2D eigenvalue weighted by Gasteiger charge is 2.23. The van der Waals surface area contributed by atoms with Crippen LogP contribution in [0.25, 0.3) is 0 Å². The van der Waals surface area contributed by atoms with Gasteiger partial charge in [0.25, 0.3) is 0 Å². The van der Waals surface area contributed by atoms with Crippen LogP contribution in [0, 0.1) is 11.8 Å². The van der Waals surface area contributed by atoms with E-state index in [4.69, 9.17) is 0 Å². The molecule has 1 aliphatic carbocycles.